The highest BCUT2D eigenvalue weighted by Gasteiger charge is 2.36. The molecule has 6 nitrogen and oxygen atoms in total. The molecular weight excluding hydrogens is 390 g/mol. The smallest absolute Gasteiger partial charge is 0.335 e. The number of furan rings is 1. The number of aryl methyl sites for hydroxylation is 1. The van der Waals surface area contributed by atoms with Crippen LogP contribution in [-0.4, -0.2) is 22.2 Å². The van der Waals surface area contributed by atoms with Crippen LogP contribution < -0.4 is 4.90 Å². The molecular formula is C22H15NO5S. The maximum Gasteiger partial charge on any atom is 0.335 e. The molecule has 0 aliphatic carbocycles. The molecule has 1 aliphatic heterocycles. The average Bonchev–Trinajstić information content (AvgIpc) is 3.27. The molecule has 144 valence electrons. The molecule has 2 amide bonds. The van der Waals surface area contributed by atoms with Crippen molar-refractivity contribution in [2.45, 2.75) is 6.92 Å². The number of aromatic carboxylic acids is 1. The molecule has 1 aliphatic rings. The third-order valence-corrected chi connectivity index (χ3v) is 5.33. The highest BCUT2D eigenvalue weighted by molar-refractivity contribution is 8.19. The van der Waals surface area contributed by atoms with Crippen LogP contribution >= 0.6 is 11.8 Å². The Labute approximate surface area is 170 Å². The molecule has 2 heterocycles. The first-order valence-corrected chi connectivity index (χ1v) is 9.53. The summed E-state index contributed by atoms with van der Waals surface area (Å²) >= 11 is 0.847. The van der Waals surface area contributed by atoms with E-state index in [4.69, 9.17) is 4.42 Å². The molecule has 7 heteroatoms. The van der Waals surface area contributed by atoms with Gasteiger partial charge in [0, 0.05) is 11.6 Å². The molecule has 3 aromatic rings. The summed E-state index contributed by atoms with van der Waals surface area (Å²) in [6, 6.07) is 16.9. The second-order valence-electron chi connectivity index (χ2n) is 6.39. The van der Waals surface area contributed by atoms with Gasteiger partial charge >= 0.3 is 5.97 Å². The van der Waals surface area contributed by atoms with E-state index in [1.807, 2.05) is 13.0 Å². The Morgan fingerprint density at radius 2 is 1.83 bits per heavy atom. The largest absolute Gasteiger partial charge is 0.478 e. The SMILES string of the molecule is Cc1ccc(C(=O)O)cc1-c1ccc(/C=C2/SC(=O)N(c3ccccc3)C2=O)o1. The zero-order valence-electron chi connectivity index (χ0n) is 15.3. The predicted octanol–water partition coefficient (Wildman–Crippen LogP) is 5.19. The number of carboxylic acids is 1. The first-order valence-electron chi connectivity index (χ1n) is 8.71. The minimum Gasteiger partial charge on any atom is -0.478 e. The van der Waals surface area contributed by atoms with E-state index in [1.54, 1.807) is 48.5 Å². The second kappa shape index (κ2) is 7.44. The number of carboxylic acid groups (broad SMARTS) is 1. The summed E-state index contributed by atoms with van der Waals surface area (Å²) in [7, 11) is 0. The third-order valence-electron chi connectivity index (χ3n) is 4.46. The van der Waals surface area contributed by atoms with Gasteiger partial charge in [-0.1, -0.05) is 24.3 Å². The first-order chi connectivity index (χ1) is 13.9. The number of carbonyl (C=O) groups excluding carboxylic acids is 2. The predicted molar refractivity (Wildman–Crippen MR) is 111 cm³/mol. The summed E-state index contributed by atoms with van der Waals surface area (Å²) in [5.74, 6) is -0.543. The Bertz CT molecular complexity index is 1160. The maximum atomic E-state index is 12.7. The molecule has 1 aromatic heterocycles. The molecule has 0 spiro atoms. The van der Waals surface area contributed by atoms with Crippen molar-refractivity contribution in [3.05, 3.63) is 82.5 Å². The molecule has 0 saturated carbocycles. The van der Waals surface area contributed by atoms with Gasteiger partial charge in [-0.25, -0.2) is 9.69 Å². The topological polar surface area (TPSA) is 87.8 Å². The summed E-state index contributed by atoms with van der Waals surface area (Å²) in [4.78, 5) is 37.6. The zero-order valence-corrected chi connectivity index (χ0v) is 16.1. The number of hydrogen-bond donors (Lipinski definition) is 1. The number of nitrogens with zero attached hydrogens (tertiary/aromatic N) is 1. The van der Waals surface area contributed by atoms with Crippen LogP contribution in [0.1, 0.15) is 21.7 Å². The van der Waals surface area contributed by atoms with Crippen LogP contribution in [0.15, 0.2) is 70.0 Å². The molecule has 4 rings (SSSR count). The molecule has 29 heavy (non-hydrogen) atoms. The van der Waals surface area contributed by atoms with E-state index >= 15 is 0 Å². The van der Waals surface area contributed by atoms with E-state index in [-0.39, 0.29) is 15.7 Å². The van der Waals surface area contributed by atoms with Crippen LogP contribution in [0.25, 0.3) is 17.4 Å². The molecule has 0 bridgehead atoms. The minimum atomic E-state index is -1.02. The summed E-state index contributed by atoms with van der Waals surface area (Å²) in [5.41, 5.74) is 2.19. The quantitative estimate of drug-likeness (QED) is 0.601. The highest BCUT2D eigenvalue weighted by atomic mass is 32.2. The fourth-order valence-electron chi connectivity index (χ4n) is 2.99. The molecule has 2 aromatic carbocycles. The van der Waals surface area contributed by atoms with E-state index < -0.39 is 11.9 Å². The van der Waals surface area contributed by atoms with Crippen LogP contribution in [-0.2, 0) is 4.79 Å². The number of anilines is 1. The number of imide groups is 1. The van der Waals surface area contributed by atoms with Gasteiger partial charge in [-0.15, -0.1) is 0 Å². The van der Waals surface area contributed by atoms with Crippen LogP contribution in [0.5, 0.6) is 0 Å². The van der Waals surface area contributed by atoms with Gasteiger partial charge in [0.15, 0.2) is 0 Å². The summed E-state index contributed by atoms with van der Waals surface area (Å²) < 4.78 is 5.81. The van der Waals surface area contributed by atoms with Gasteiger partial charge in [0.05, 0.1) is 16.2 Å². The maximum absolute atomic E-state index is 12.7. The Kier molecular flexibility index (Phi) is 4.82. The van der Waals surface area contributed by atoms with Crippen LogP contribution in [0.4, 0.5) is 10.5 Å². The van der Waals surface area contributed by atoms with Crippen LogP contribution in [0, 0.1) is 6.92 Å². The number of benzene rings is 2. The third kappa shape index (κ3) is 3.60. The van der Waals surface area contributed by atoms with Gasteiger partial charge in [0.1, 0.15) is 11.5 Å². The fraction of sp³-hybridized carbons (Fsp3) is 0.0455. The van der Waals surface area contributed by atoms with Gasteiger partial charge in [0.25, 0.3) is 11.1 Å². The number of carbonyl (C=O) groups is 3. The lowest BCUT2D eigenvalue weighted by Crippen LogP contribution is -2.27. The molecule has 1 fully saturated rings. The summed E-state index contributed by atoms with van der Waals surface area (Å²) in [6.45, 7) is 1.86. The molecule has 0 radical (unpaired) electrons. The number of rotatable bonds is 4. The number of amides is 2. The lowest BCUT2D eigenvalue weighted by molar-refractivity contribution is -0.113. The monoisotopic (exact) mass is 405 g/mol. The van der Waals surface area contributed by atoms with E-state index in [0.717, 1.165) is 22.2 Å². The fourth-order valence-corrected chi connectivity index (χ4v) is 3.81. The molecule has 0 atom stereocenters. The highest BCUT2D eigenvalue weighted by Crippen LogP contribution is 2.36. The normalized spacial score (nSPS) is 15.3. The van der Waals surface area contributed by atoms with Crippen molar-refractivity contribution in [1.82, 2.24) is 0 Å². The van der Waals surface area contributed by atoms with Crippen molar-refractivity contribution in [2.24, 2.45) is 0 Å². The molecule has 1 saturated heterocycles. The lowest BCUT2D eigenvalue weighted by Gasteiger charge is -2.11. The number of para-hydroxylation sites is 1. The van der Waals surface area contributed by atoms with Crippen molar-refractivity contribution < 1.29 is 23.9 Å². The van der Waals surface area contributed by atoms with Crippen molar-refractivity contribution in [1.29, 1.82) is 0 Å². The van der Waals surface area contributed by atoms with Crippen LogP contribution in [0.2, 0.25) is 0 Å². The molecule has 0 unspecified atom stereocenters. The van der Waals surface area contributed by atoms with Crippen molar-refractivity contribution in [3.63, 3.8) is 0 Å². The standard InChI is InChI=1S/C22H15NO5S/c1-13-7-8-14(21(25)26)11-17(13)18-10-9-16(28-18)12-19-20(24)23(22(27)29-19)15-5-3-2-4-6-15/h2-12H,1H3,(H,25,26)/b19-12+. The first kappa shape index (κ1) is 18.8. The molecule has 1 N–H and O–H groups in total. The van der Waals surface area contributed by atoms with Gasteiger partial charge in [-0.3, -0.25) is 9.59 Å². The van der Waals surface area contributed by atoms with Gasteiger partial charge < -0.3 is 9.52 Å². The van der Waals surface area contributed by atoms with Crippen molar-refractivity contribution in [2.75, 3.05) is 4.90 Å². The van der Waals surface area contributed by atoms with Crippen molar-refractivity contribution in [3.8, 4) is 11.3 Å². The zero-order chi connectivity index (χ0) is 20.5. The van der Waals surface area contributed by atoms with Crippen molar-refractivity contribution >= 4 is 40.6 Å². The summed E-state index contributed by atoms with van der Waals surface area (Å²) in [6.07, 6.45) is 1.52. The van der Waals surface area contributed by atoms with E-state index in [1.165, 1.54) is 12.1 Å². The Morgan fingerprint density at radius 3 is 2.55 bits per heavy atom. The van der Waals surface area contributed by atoms with Gasteiger partial charge in [-0.2, -0.15) is 0 Å². The van der Waals surface area contributed by atoms with Gasteiger partial charge in [-0.05, 0) is 60.6 Å². The van der Waals surface area contributed by atoms with E-state index in [2.05, 4.69) is 0 Å². The van der Waals surface area contributed by atoms with E-state index in [9.17, 15) is 19.5 Å². The Morgan fingerprint density at radius 1 is 1.07 bits per heavy atom. The van der Waals surface area contributed by atoms with Crippen LogP contribution in [0.3, 0.4) is 0 Å². The minimum absolute atomic E-state index is 0.160. The van der Waals surface area contributed by atoms with Gasteiger partial charge in [0.2, 0.25) is 0 Å². The number of thioether (sulfide) groups is 1. The Hall–Kier alpha value is -3.58. The number of hydrogen-bond acceptors (Lipinski definition) is 5. The average molecular weight is 405 g/mol. The lowest BCUT2D eigenvalue weighted by atomic mass is 10.0. The summed E-state index contributed by atoms with van der Waals surface area (Å²) in [5, 5.41) is 8.83. The van der Waals surface area contributed by atoms with E-state index in [0.29, 0.717) is 22.8 Å². The second-order valence-corrected chi connectivity index (χ2v) is 7.38. The Balaban J connectivity index is 1.64.